The average Bonchev–Trinajstić information content (AvgIpc) is 3.37. The number of carbonyl (C=O) groups is 1. The number of amides is 1. The van der Waals surface area contributed by atoms with Gasteiger partial charge in [-0.1, -0.05) is 17.2 Å². The molecule has 0 saturated carbocycles. The van der Waals surface area contributed by atoms with Crippen LogP contribution in [0.4, 0.5) is 5.82 Å². The van der Waals surface area contributed by atoms with Gasteiger partial charge in [0.25, 0.3) is 5.91 Å². The Kier molecular flexibility index (Phi) is 5.37. The van der Waals surface area contributed by atoms with E-state index in [0.29, 0.717) is 0 Å². The molecule has 0 bridgehead atoms. The Morgan fingerprint density at radius 2 is 1.81 bits per heavy atom. The van der Waals surface area contributed by atoms with Crippen molar-refractivity contribution < 1.29 is 4.79 Å². The molecule has 2 atom stereocenters. The second-order valence-corrected chi connectivity index (χ2v) is 9.50. The lowest BCUT2D eigenvalue weighted by Crippen LogP contribution is -2.38. The van der Waals surface area contributed by atoms with Crippen molar-refractivity contribution in [3.05, 3.63) is 58.4 Å². The van der Waals surface area contributed by atoms with Gasteiger partial charge < -0.3 is 15.5 Å². The summed E-state index contributed by atoms with van der Waals surface area (Å²) in [5, 5.41) is 4.86. The molecule has 0 radical (unpaired) electrons. The third-order valence-corrected chi connectivity index (χ3v) is 6.72. The number of nitrogens with zero attached hydrogens (tertiary/aromatic N) is 5. The Morgan fingerprint density at radius 1 is 1.03 bits per heavy atom. The smallest absolute Gasteiger partial charge is 0.254 e. The van der Waals surface area contributed by atoms with Gasteiger partial charge in [-0.3, -0.25) is 4.79 Å². The molecule has 32 heavy (non-hydrogen) atoms. The average molecular weight is 433 g/mol. The van der Waals surface area contributed by atoms with E-state index in [9.17, 15) is 4.79 Å². The Hall–Kier alpha value is -2.93. The SMILES string of the molecule is Cc1cc(C)cc(C(=O)N2CCCCC2c2cc3nc(N4CCC(N)C4)c(C)cn3n2)c1. The van der Waals surface area contributed by atoms with E-state index in [-0.39, 0.29) is 18.0 Å². The van der Waals surface area contributed by atoms with Crippen molar-refractivity contribution in [1.82, 2.24) is 19.5 Å². The van der Waals surface area contributed by atoms with Crippen LogP contribution in [0.2, 0.25) is 0 Å². The molecule has 4 heterocycles. The molecular formula is C25H32N6O. The second-order valence-electron chi connectivity index (χ2n) is 9.50. The Bertz CT molecular complexity index is 1150. The molecule has 0 spiro atoms. The summed E-state index contributed by atoms with van der Waals surface area (Å²) in [5.41, 5.74) is 11.9. The quantitative estimate of drug-likeness (QED) is 0.685. The van der Waals surface area contributed by atoms with E-state index in [0.717, 1.165) is 84.7 Å². The summed E-state index contributed by atoms with van der Waals surface area (Å²) in [6, 6.07) is 8.32. The van der Waals surface area contributed by atoms with Gasteiger partial charge in [0.05, 0.1) is 11.7 Å². The van der Waals surface area contributed by atoms with E-state index >= 15 is 0 Å². The standard InChI is InChI=1S/C25H32N6O/c1-16-10-17(2)12-19(11-16)25(32)30-8-5-4-6-22(30)21-13-23-27-24(18(3)14-31(23)28-21)29-9-7-20(26)15-29/h10-14,20,22H,4-9,15,26H2,1-3H3. The Labute approximate surface area is 189 Å². The number of hydrogen-bond acceptors (Lipinski definition) is 5. The summed E-state index contributed by atoms with van der Waals surface area (Å²) in [5.74, 6) is 1.08. The first-order valence-electron chi connectivity index (χ1n) is 11.7. The lowest BCUT2D eigenvalue weighted by molar-refractivity contribution is 0.0605. The number of benzene rings is 1. The van der Waals surface area contributed by atoms with Gasteiger partial charge in [0.2, 0.25) is 0 Å². The molecule has 2 unspecified atom stereocenters. The zero-order chi connectivity index (χ0) is 22.4. The zero-order valence-corrected chi connectivity index (χ0v) is 19.2. The van der Waals surface area contributed by atoms with Crippen LogP contribution in [0.15, 0.2) is 30.5 Å². The van der Waals surface area contributed by atoms with Crippen LogP contribution in [0.1, 0.15) is 64.5 Å². The topological polar surface area (TPSA) is 79.8 Å². The summed E-state index contributed by atoms with van der Waals surface area (Å²) >= 11 is 0. The lowest BCUT2D eigenvalue weighted by Gasteiger charge is -2.35. The molecule has 3 aromatic rings. The normalized spacial score (nSPS) is 21.5. The monoisotopic (exact) mass is 432 g/mol. The predicted octanol–water partition coefficient (Wildman–Crippen LogP) is 3.56. The van der Waals surface area contributed by atoms with Gasteiger partial charge in [0.1, 0.15) is 5.82 Å². The number of nitrogens with two attached hydrogens (primary N) is 1. The summed E-state index contributed by atoms with van der Waals surface area (Å²) in [4.78, 5) is 22.7. The van der Waals surface area contributed by atoms with Crippen LogP contribution >= 0.6 is 0 Å². The van der Waals surface area contributed by atoms with Crippen LogP contribution in [0.25, 0.3) is 5.65 Å². The number of aryl methyl sites for hydroxylation is 3. The molecule has 0 aliphatic carbocycles. The minimum absolute atomic E-state index is 0.0252. The van der Waals surface area contributed by atoms with Gasteiger partial charge in [-0.25, -0.2) is 9.50 Å². The molecule has 2 aliphatic rings. The number of anilines is 1. The van der Waals surface area contributed by atoms with Crippen LogP contribution in [0.5, 0.6) is 0 Å². The maximum absolute atomic E-state index is 13.5. The van der Waals surface area contributed by atoms with Crippen molar-refractivity contribution in [2.45, 2.75) is 58.5 Å². The highest BCUT2D eigenvalue weighted by atomic mass is 16.2. The van der Waals surface area contributed by atoms with Crippen molar-refractivity contribution in [3.8, 4) is 0 Å². The van der Waals surface area contributed by atoms with Gasteiger partial charge in [0.15, 0.2) is 5.65 Å². The van der Waals surface area contributed by atoms with E-state index in [1.54, 1.807) is 0 Å². The first-order valence-corrected chi connectivity index (χ1v) is 11.7. The Morgan fingerprint density at radius 3 is 2.53 bits per heavy atom. The van der Waals surface area contributed by atoms with Gasteiger partial charge in [-0.05, 0) is 58.6 Å². The highest BCUT2D eigenvalue weighted by molar-refractivity contribution is 5.95. The molecule has 2 aliphatic heterocycles. The van der Waals surface area contributed by atoms with Gasteiger partial charge in [0, 0.05) is 49.1 Å². The molecule has 2 aromatic heterocycles. The fourth-order valence-electron chi connectivity index (χ4n) is 5.23. The number of piperidine rings is 1. The molecule has 1 aromatic carbocycles. The fourth-order valence-corrected chi connectivity index (χ4v) is 5.23. The van der Waals surface area contributed by atoms with Crippen molar-refractivity contribution >= 4 is 17.4 Å². The molecule has 2 fully saturated rings. The van der Waals surface area contributed by atoms with Crippen LogP contribution < -0.4 is 10.6 Å². The number of hydrogen-bond donors (Lipinski definition) is 1. The fraction of sp³-hybridized carbons (Fsp3) is 0.480. The minimum atomic E-state index is -0.0252. The molecule has 1 amide bonds. The molecule has 7 nitrogen and oxygen atoms in total. The molecule has 2 saturated heterocycles. The maximum atomic E-state index is 13.5. The summed E-state index contributed by atoms with van der Waals surface area (Å²) in [6.45, 7) is 8.69. The van der Waals surface area contributed by atoms with E-state index in [1.165, 1.54) is 0 Å². The Balaban J connectivity index is 1.47. The van der Waals surface area contributed by atoms with Crippen LogP contribution in [0, 0.1) is 20.8 Å². The van der Waals surface area contributed by atoms with Crippen molar-refractivity contribution in [2.75, 3.05) is 24.5 Å². The zero-order valence-electron chi connectivity index (χ0n) is 19.2. The van der Waals surface area contributed by atoms with Gasteiger partial charge in [-0.2, -0.15) is 5.10 Å². The molecular weight excluding hydrogens is 400 g/mol. The van der Waals surface area contributed by atoms with Gasteiger partial charge >= 0.3 is 0 Å². The minimum Gasteiger partial charge on any atom is -0.355 e. The second kappa shape index (κ2) is 8.20. The number of rotatable bonds is 3. The van der Waals surface area contributed by atoms with Crippen molar-refractivity contribution in [1.29, 1.82) is 0 Å². The van der Waals surface area contributed by atoms with Crippen LogP contribution in [0.3, 0.4) is 0 Å². The number of likely N-dealkylation sites (tertiary alicyclic amines) is 1. The summed E-state index contributed by atoms with van der Waals surface area (Å²) in [6.07, 6.45) is 6.08. The summed E-state index contributed by atoms with van der Waals surface area (Å²) < 4.78 is 1.86. The third kappa shape index (κ3) is 3.86. The summed E-state index contributed by atoms with van der Waals surface area (Å²) in [7, 11) is 0. The van der Waals surface area contributed by atoms with Crippen LogP contribution in [-0.2, 0) is 0 Å². The third-order valence-electron chi connectivity index (χ3n) is 6.72. The van der Waals surface area contributed by atoms with Gasteiger partial charge in [-0.15, -0.1) is 0 Å². The molecule has 2 N–H and O–H groups in total. The molecule has 5 rings (SSSR count). The number of aromatic nitrogens is 3. The number of fused-ring (bicyclic) bond motifs is 1. The van der Waals surface area contributed by atoms with Crippen molar-refractivity contribution in [2.24, 2.45) is 5.73 Å². The maximum Gasteiger partial charge on any atom is 0.254 e. The van der Waals surface area contributed by atoms with E-state index < -0.39 is 0 Å². The first-order chi connectivity index (χ1) is 15.4. The molecule has 168 valence electrons. The van der Waals surface area contributed by atoms with E-state index in [1.807, 2.05) is 41.6 Å². The van der Waals surface area contributed by atoms with Crippen molar-refractivity contribution in [3.63, 3.8) is 0 Å². The van der Waals surface area contributed by atoms with E-state index in [4.69, 9.17) is 15.8 Å². The highest BCUT2D eigenvalue weighted by Gasteiger charge is 2.31. The largest absolute Gasteiger partial charge is 0.355 e. The van der Waals surface area contributed by atoms with Crippen LogP contribution in [-0.4, -0.2) is 51.1 Å². The first kappa shape index (κ1) is 20.9. The van der Waals surface area contributed by atoms with E-state index in [2.05, 4.69) is 24.0 Å². The predicted molar refractivity (Wildman–Crippen MR) is 126 cm³/mol. The lowest BCUT2D eigenvalue weighted by atomic mass is 9.97. The molecule has 7 heteroatoms. The highest BCUT2D eigenvalue weighted by Crippen LogP contribution is 2.33. The number of carbonyl (C=O) groups excluding carboxylic acids is 1.